The van der Waals surface area contributed by atoms with E-state index in [0.29, 0.717) is 5.75 Å². The van der Waals surface area contributed by atoms with Crippen LogP contribution >= 0.6 is 0 Å². The average Bonchev–Trinajstić information content (AvgIpc) is 2.27. The molecular weight excluding hydrogens is 308 g/mol. The lowest BCUT2D eigenvalue weighted by atomic mass is 10.2. The smallest absolute Gasteiger partial charge is 0.247 e. The summed E-state index contributed by atoms with van der Waals surface area (Å²) in [6.07, 6.45) is 0.824. The zero-order valence-corrected chi connectivity index (χ0v) is 12.8. The van der Waals surface area contributed by atoms with Gasteiger partial charge in [0.15, 0.2) is 26.4 Å². The number of nitrogen functional groups attached to an aromatic ring is 1. The minimum absolute atomic E-state index is 0.0197. The molecule has 0 aliphatic rings. The molecule has 0 saturated heterocycles. The van der Waals surface area contributed by atoms with Gasteiger partial charge in [0.2, 0.25) is 10.0 Å². The molecule has 0 aromatic heterocycles. The van der Waals surface area contributed by atoms with Gasteiger partial charge < -0.3 is 15.2 Å². The number of nitrogens with one attached hydrogen (secondary N) is 1. The fourth-order valence-corrected chi connectivity index (χ4v) is 4.46. The van der Waals surface area contributed by atoms with Gasteiger partial charge in [-0.05, 0) is 0 Å². The minimum Gasteiger partial charge on any atom is -0.493 e. The largest absolute Gasteiger partial charge is 0.493 e. The Morgan fingerprint density at radius 2 is 1.60 bits per heavy atom. The summed E-state index contributed by atoms with van der Waals surface area (Å²) < 4.78 is 57.6. The van der Waals surface area contributed by atoms with E-state index in [-0.39, 0.29) is 17.1 Å². The van der Waals surface area contributed by atoms with E-state index in [0.717, 1.165) is 6.26 Å². The van der Waals surface area contributed by atoms with Crippen LogP contribution < -0.4 is 19.9 Å². The van der Waals surface area contributed by atoms with Crippen molar-refractivity contribution in [3.8, 4) is 11.5 Å². The molecule has 114 valence electrons. The summed E-state index contributed by atoms with van der Waals surface area (Å²) in [5, 5.41) is -1.03. The number of sulfonamides is 1. The van der Waals surface area contributed by atoms with Crippen LogP contribution in [0.3, 0.4) is 0 Å². The van der Waals surface area contributed by atoms with Gasteiger partial charge in [0.05, 0.1) is 25.6 Å². The van der Waals surface area contributed by atoms with Crippen LogP contribution in [0, 0.1) is 0 Å². The Morgan fingerprint density at radius 3 is 2.05 bits per heavy atom. The van der Waals surface area contributed by atoms with Crippen molar-refractivity contribution in [1.29, 1.82) is 0 Å². The van der Waals surface area contributed by atoms with E-state index >= 15 is 0 Å². The standard InChI is InChI=1S/C10H16N2O6S2/c1-17-9-4-7(11)8(5-10(9)18-2)12-20(15,16)6-19(3,13)14/h4-5,12H,6,11H2,1-3H3. The van der Waals surface area contributed by atoms with Gasteiger partial charge in [0.1, 0.15) is 0 Å². The van der Waals surface area contributed by atoms with Gasteiger partial charge in [-0.15, -0.1) is 0 Å². The molecule has 1 aromatic carbocycles. The summed E-state index contributed by atoms with van der Waals surface area (Å²) >= 11 is 0. The Hall–Kier alpha value is -1.68. The molecule has 0 aliphatic heterocycles. The summed E-state index contributed by atoms with van der Waals surface area (Å²) in [7, 11) is -4.98. The van der Waals surface area contributed by atoms with Crippen LogP contribution in [0.1, 0.15) is 0 Å². The molecule has 0 heterocycles. The topological polar surface area (TPSA) is 125 Å². The van der Waals surface area contributed by atoms with Gasteiger partial charge in [0.25, 0.3) is 0 Å². The number of ether oxygens (including phenoxy) is 2. The van der Waals surface area contributed by atoms with Gasteiger partial charge in [-0.2, -0.15) is 0 Å². The number of rotatable bonds is 6. The fraction of sp³-hybridized carbons (Fsp3) is 0.400. The predicted octanol–water partition coefficient (Wildman–Crippen LogP) is 0.0298. The van der Waals surface area contributed by atoms with Crippen LogP contribution in [0.4, 0.5) is 11.4 Å². The minimum atomic E-state index is -4.07. The van der Waals surface area contributed by atoms with E-state index in [1.165, 1.54) is 26.4 Å². The monoisotopic (exact) mass is 324 g/mol. The maximum Gasteiger partial charge on any atom is 0.247 e. The third-order valence-corrected chi connectivity index (χ3v) is 5.68. The molecule has 1 rings (SSSR count). The van der Waals surface area contributed by atoms with E-state index in [4.69, 9.17) is 15.2 Å². The predicted molar refractivity (Wildman–Crippen MR) is 76.2 cm³/mol. The summed E-state index contributed by atoms with van der Waals surface area (Å²) in [5.74, 6) is 0.592. The number of hydrogen-bond donors (Lipinski definition) is 2. The molecule has 20 heavy (non-hydrogen) atoms. The number of benzene rings is 1. The zero-order valence-electron chi connectivity index (χ0n) is 11.2. The molecule has 0 atom stereocenters. The molecule has 0 unspecified atom stereocenters. The molecule has 3 N–H and O–H groups in total. The maximum absolute atomic E-state index is 11.7. The van der Waals surface area contributed by atoms with Crippen molar-refractivity contribution in [3.05, 3.63) is 12.1 Å². The highest BCUT2D eigenvalue weighted by molar-refractivity contribution is 8.08. The Kier molecular flexibility index (Phi) is 4.71. The molecule has 0 fully saturated rings. The van der Waals surface area contributed by atoms with Gasteiger partial charge in [-0.25, -0.2) is 16.8 Å². The first kappa shape index (κ1) is 16.4. The van der Waals surface area contributed by atoms with Crippen LogP contribution in [0.25, 0.3) is 0 Å². The summed E-state index contributed by atoms with van der Waals surface area (Å²) in [4.78, 5) is 0. The number of anilines is 2. The normalized spacial score (nSPS) is 11.9. The van der Waals surface area contributed by atoms with Crippen LogP contribution in [-0.2, 0) is 19.9 Å². The molecule has 0 aliphatic carbocycles. The van der Waals surface area contributed by atoms with E-state index in [1.54, 1.807) is 0 Å². The lowest BCUT2D eigenvalue weighted by Crippen LogP contribution is -2.22. The SMILES string of the molecule is COc1cc(N)c(NS(=O)(=O)CS(C)(=O)=O)cc1OC. The number of sulfone groups is 1. The van der Waals surface area contributed by atoms with Gasteiger partial charge in [0, 0.05) is 18.4 Å². The summed E-state index contributed by atoms with van der Waals surface area (Å²) in [6, 6.07) is 2.69. The first-order chi connectivity index (χ1) is 9.08. The Bertz CT molecular complexity index is 697. The number of methoxy groups -OCH3 is 2. The highest BCUT2D eigenvalue weighted by Gasteiger charge is 2.20. The summed E-state index contributed by atoms with van der Waals surface area (Å²) in [5.41, 5.74) is 5.78. The fourth-order valence-electron chi connectivity index (χ4n) is 1.46. The van der Waals surface area contributed by atoms with E-state index < -0.39 is 24.9 Å². The van der Waals surface area contributed by atoms with Gasteiger partial charge >= 0.3 is 0 Å². The number of hydrogen-bond acceptors (Lipinski definition) is 7. The zero-order chi connectivity index (χ0) is 15.6. The molecule has 0 amide bonds. The average molecular weight is 324 g/mol. The second kappa shape index (κ2) is 5.75. The van der Waals surface area contributed by atoms with Crippen molar-refractivity contribution in [2.75, 3.05) is 36.0 Å². The first-order valence-electron chi connectivity index (χ1n) is 5.27. The Morgan fingerprint density at radius 1 is 1.10 bits per heavy atom. The third kappa shape index (κ3) is 4.46. The van der Waals surface area contributed by atoms with Gasteiger partial charge in [-0.3, -0.25) is 4.72 Å². The van der Waals surface area contributed by atoms with Crippen LogP contribution in [0.5, 0.6) is 11.5 Å². The van der Waals surface area contributed by atoms with Crippen molar-refractivity contribution >= 4 is 31.2 Å². The van der Waals surface area contributed by atoms with Crippen LogP contribution in [0.15, 0.2) is 12.1 Å². The molecule has 10 heteroatoms. The molecule has 8 nitrogen and oxygen atoms in total. The molecular formula is C10H16N2O6S2. The second-order valence-corrected chi connectivity index (χ2v) is 8.28. The molecule has 1 aromatic rings. The lowest BCUT2D eigenvalue weighted by Gasteiger charge is -2.14. The molecule has 0 bridgehead atoms. The summed E-state index contributed by atoms with van der Waals surface area (Å²) in [6.45, 7) is 0. The molecule has 0 radical (unpaired) electrons. The Labute approximate surface area is 117 Å². The quantitative estimate of drug-likeness (QED) is 0.707. The number of nitrogens with two attached hydrogens (primary N) is 1. The second-order valence-electron chi connectivity index (χ2n) is 4.05. The maximum atomic E-state index is 11.7. The lowest BCUT2D eigenvalue weighted by molar-refractivity contribution is 0.355. The highest BCUT2D eigenvalue weighted by Crippen LogP contribution is 2.35. The van der Waals surface area contributed by atoms with E-state index in [1.807, 2.05) is 0 Å². The Balaban J connectivity index is 3.16. The van der Waals surface area contributed by atoms with Crippen LogP contribution in [-0.4, -0.2) is 42.4 Å². The van der Waals surface area contributed by atoms with Crippen molar-refractivity contribution in [2.24, 2.45) is 0 Å². The van der Waals surface area contributed by atoms with Crippen molar-refractivity contribution < 1.29 is 26.3 Å². The molecule has 0 saturated carbocycles. The van der Waals surface area contributed by atoms with Gasteiger partial charge in [-0.1, -0.05) is 0 Å². The first-order valence-corrected chi connectivity index (χ1v) is 8.99. The van der Waals surface area contributed by atoms with Crippen molar-refractivity contribution in [2.45, 2.75) is 0 Å². The third-order valence-electron chi connectivity index (χ3n) is 2.19. The van der Waals surface area contributed by atoms with E-state index in [9.17, 15) is 16.8 Å². The van der Waals surface area contributed by atoms with Crippen molar-refractivity contribution in [1.82, 2.24) is 0 Å². The highest BCUT2D eigenvalue weighted by atomic mass is 32.3. The van der Waals surface area contributed by atoms with E-state index in [2.05, 4.69) is 4.72 Å². The molecule has 0 spiro atoms. The van der Waals surface area contributed by atoms with Crippen molar-refractivity contribution in [3.63, 3.8) is 0 Å². The van der Waals surface area contributed by atoms with Crippen LogP contribution in [0.2, 0.25) is 0 Å².